The molecule has 2 aliphatic heterocycles. The molecule has 2 fully saturated rings. The lowest BCUT2D eigenvalue weighted by Gasteiger charge is -2.36. The number of rotatable bonds is 3. The minimum absolute atomic E-state index is 0.119. The molecule has 2 aliphatic rings. The lowest BCUT2D eigenvalue weighted by molar-refractivity contribution is -0.133. The molecule has 1 aromatic heterocycles. The summed E-state index contributed by atoms with van der Waals surface area (Å²) < 4.78 is 1.04. The molecule has 4 rings (SSSR count). The monoisotopic (exact) mass is 440 g/mol. The number of nitrogens with one attached hydrogen (secondary N) is 2. The van der Waals surface area contributed by atoms with Gasteiger partial charge in [0.2, 0.25) is 5.91 Å². The highest BCUT2D eigenvalue weighted by Crippen LogP contribution is 2.25. The van der Waals surface area contributed by atoms with Gasteiger partial charge in [-0.2, -0.15) is 5.26 Å². The van der Waals surface area contributed by atoms with Gasteiger partial charge in [0.1, 0.15) is 17.9 Å². The van der Waals surface area contributed by atoms with Crippen molar-refractivity contribution >= 4 is 27.7 Å². The van der Waals surface area contributed by atoms with Crippen LogP contribution in [-0.2, 0) is 4.79 Å². The Labute approximate surface area is 172 Å². The van der Waals surface area contributed by atoms with Gasteiger partial charge >= 0.3 is 0 Å². The number of pyridine rings is 1. The SMILES string of the molecule is N#Cc1cccnc1N1CCN(C(=O)C2CC(c3ccc(Br)cc3)NN2)CC1. The van der Waals surface area contributed by atoms with Crippen LogP contribution in [0.1, 0.15) is 23.6 Å². The number of halogens is 1. The van der Waals surface area contributed by atoms with Gasteiger partial charge in [0, 0.05) is 42.9 Å². The van der Waals surface area contributed by atoms with Crippen molar-refractivity contribution in [2.75, 3.05) is 31.1 Å². The van der Waals surface area contributed by atoms with Crippen LogP contribution in [0.3, 0.4) is 0 Å². The standard InChI is InChI=1S/C20H21BrN6O/c21-16-5-3-14(4-6-16)17-12-18(25-24-17)20(28)27-10-8-26(9-11-27)19-15(13-22)2-1-7-23-19/h1-7,17-18,24-25H,8-12H2. The predicted octanol–water partition coefficient (Wildman–Crippen LogP) is 1.97. The number of hydrazine groups is 1. The summed E-state index contributed by atoms with van der Waals surface area (Å²) in [4.78, 5) is 21.2. The van der Waals surface area contributed by atoms with Gasteiger partial charge in [-0.15, -0.1) is 0 Å². The average molecular weight is 441 g/mol. The second kappa shape index (κ2) is 8.27. The lowest BCUT2D eigenvalue weighted by Crippen LogP contribution is -2.54. The van der Waals surface area contributed by atoms with Gasteiger partial charge in [-0.3, -0.25) is 4.79 Å². The van der Waals surface area contributed by atoms with E-state index in [0.29, 0.717) is 37.6 Å². The quantitative estimate of drug-likeness (QED) is 0.758. The average Bonchev–Trinajstić information content (AvgIpc) is 3.24. The number of piperazine rings is 1. The molecule has 0 radical (unpaired) electrons. The van der Waals surface area contributed by atoms with Gasteiger partial charge in [0.05, 0.1) is 5.56 Å². The molecule has 2 N–H and O–H groups in total. The zero-order valence-corrected chi connectivity index (χ0v) is 16.9. The summed E-state index contributed by atoms with van der Waals surface area (Å²) in [5.41, 5.74) is 8.13. The van der Waals surface area contributed by atoms with Crippen molar-refractivity contribution in [1.29, 1.82) is 5.26 Å². The Balaban J connectivity index is 1.34. The molecular weight excluding hydrogens is 420 g/mol. The minimum atomic E-state index is -0.232. The van der Waals surface area contributed by atoms with Crippen LogP contribution in [0, 0.1) is 11.3 Å². The topological polar surface area (TPSA) is 84.3 Å². The van der Waals surface area contributed by atoms with Gasteiger partial charge < -0.3 is 9.80 Å². The van der Waals surface area contributed by atoms with Crippen LogP contribution in [-0.4, -0.2) is 48.0 Å². The number of hydrogen-bond acceptors (Lipinski definition) is 6. The van der Waals surface area contributed by atoms with Gasteiger partial charge in [-0.25, -0.2) is 15.8 Å². The van der Waals surface area contributed by atoms with Crippen molar-refractivity contribution in [1.82, 2.24) is 20.7 Å². The summed E-state index contributed by atoms with van der Waals surface area (Å²) >= 11 is 3.45. The third kappa shape index (κ3) is 3.87. The van der Waals surface area contributed by atoms with E-state index < -0.39 is 0 Å². The van der Waals surface area contributed by atoms with E-state index in [-0.39, 0.29) is 18.0 Å². The lowest BCUT2D eigenvalue weighted by atomic mass is 10.0. The number of hydrogen-bond donors (Lipinski definition) is 2. The van der Waals surface area contributed by atoms with Crippen LogP contribution in [0.15, 0.2) is 47.1 Å². The first-order valence-electron chi connectivity index (χ1n) is 9.31. The highest BCUT2D eigenvalue weighted by atomic mass is 79.9. The van der Waals surface area contributed by atoms with Crippen molar-refractivity contribution in [2.24, 2.45) is 0 Å². The molecule has 0 bridgehead atoms. The van der Waals surface area contributed by atoms with Crippen molar-refractivity contribution in [3.63, 3.8) is 0 Å². The minimum Gasteiger partial charge on any atom is -0.352 e. The van der Waals surface area contributed by atoms with E-state index in [1.165, 1.54) is 0 Å². The Morgan fingerprint density at radius 3 is 2.61 bits per heavy atom. The van der Waals surface area contributed by atoms with Crippen LogP contribution < -0.4 is 15.8 Å². The first-order valence-corrected chi connectivity index (χ1v) is 10.1. The number of carbonyl (C=O) groups excluding carboxylic acids is 1. The van der Waals surface area contributed by atoms with Gasteiger partial charge in [-0.1, -0.05) is 28.1 Å². The van der Waals surface area contributed by atoms with E-state index in [1.54, 1.807) is 18.3 Å². The number of anilines is 1. The largest absolute Gasteiger partial charge is 0.352 e. The molecule has 7 nitrogen and oxygen atoms in total. The number of carbonyl (C=O) groups is 1. The van der Waals surface area contributed by atoms with E-state index in [1.807, 2.05) is 17.0 Å². The summed E-state index contributed by atoms with van der Waals surface area (Å²) in [5.74, 6) is 0.821. The fourth-order valence-electron chi connectivity index (χ4n) is 3.73. The second-order valence-electron chi connectivity index (χ2n) is 6.98. The predicted molar refractivity (Wildman–Crippen MR) is 109 cm³/mol. The summed E-state index contributed by atoms with van der Waals surface area (Å²) in [6.07, 6.45) is 2.42. The van der Waals surface area contributed by atoms with E-state index in [2.05, 4.69) is 54.9 Å². The fourth-order valence-corrected chi connectivity index (χ4v) is 3.99. The Hall–Kier alpha value is -2.47. The van der Waals surface area contributed by atoms with Crippen LogP contribution in [0.2, 0.25) is 0 Å². The molecule has 0 aliphatic carbocycles. The molecule has 0 spiro atoms. The summed E-state index contributed by atoms with van der Waals surface area (Å²) in [6, 6.07) is 13.8. The number of aromatic nitrogens is 1. The van der Waals surface area contributed by atoms with Crippen LogP contribution in [0.5, 0.6) is 0 Å². The molecule has 144 valence electrons. The Bertz CT molecular complexity index is 888. The van der Waals surface area contributed by atoms with Crippen LogP contribution in [0.25, 0.3) is 0 Å². The highest BCUT2D eigenvalue weighted by molar-refractivity contribution is 9.10. The number of benzene rings is 1. The van der Waals surface area contributed by atoms with Crippen molar-refractivity contribution in [2.45, 2.75) is 18.5 Å². The van der Waals surface area contributed by atoms with Gasteiger partial charge in [-0.05, 0) is 36.2 Å². The Morgan fingerprint density at radius 2 is 1.89 bits per heavy atom. The number of nitrogens with zero attached hydrogens (tertiary/aromatic N) is 4. The van der Waals surface area contributed by atoms with Crippen LogP contribution in [0.4, 0.5) is 5.82 Å². The molecule has 3 heterocycles. The molecule has 2 aromatic rings. The molecule has 0 saturated carbocycles. The smallest absolute Gasteiger partial charge is 0.241 e. The highest BCUT2D eigenvalue weighted by Gasteiger charge is 2.34. The van der Waals surface area contributed by atoms with E-state index >= 15 is 0 Å². The van der Waals surface area contributed by atoms with E-state index in [0.717, 1.165) is 16.5 Å². The number of nitriles is 1. The van der Waals surface area contributed by atoms with Crippen molar-refractivity contribution in [3.8, 4) is 6.07 Å². The molecule has 2 atom stereocenters. The zero-order chi connectivity index (χ0) is 19.5. The summed E-state index contributed by atoms with van der Waals surface area (Å²) in [5, 5.41) is 9.27. The molecule has 2 saturated heterocycles. The molecule has 1 aromatic carbocycles. The third-order valence-corrected chi connectivity index (χ3v) is 5.80. The Morgan fingerprint density at radius 1 is 1.14 bits per heavy atom. The molecular formula is C20H21BrN6O. The Kier molecular flexibility index (Phi) is 5.57. The van der Waals surface area contributed by atoms with Crippen LogP contribution >= 0.6 is 15.9 Å². The maximum atomic E-state index is 12.9. The van der Waals surface area contributed by atoms with E-state index in [9.17, 15) is 10.1 Å². The third-order valence-electron chi connectivity index (χ3n) is 5.27. The first kappa shape index (κ1) is 18.9. The molecule has 28 heavy (non-hydrogen) atoms. The summed E-state index contributed by atoms with van der Waals surface area (Å²) in [6.45, 7) is 2.60. The normalized spacial score (nSPS) is 22.1. The second-order valence-corrected chi connectivity index (χ2v) is 7.90. The molecule has 1 amide bonds. The van der Waals surface area contributed by atoms with Crippen molar-refractivity contribution in [3.05, 3.63) is 58.2 Å². The maximum Gasteiger partial charge on any atom is 0.241 e. The number of amides is 1. The molecule has 2 unspecified atom stereocenters. The van der Waals surface area contributed by atoms with E-state index in [4.69, 9.17) is 0 Å². The zero-order valence-electron chi connectivity index (χ0n) is 15.3. The fraction of sp³-hybridized carbons (Fsp3) is 0.350. The van der Waals surface area contributed by atoms with Crippen molar-refractivity contribution < 1.29 is 4.79 Å². The van der Waals surface area contributed by atoms with Gasteiger partial charge in [0.15, 0.2) is 0 Å². The van der Waals surface area contributed by atoms with Gasteiger partial charge in [0.25, 0.3) is 0 Å². The summed E-state index contributed by atoms with van der Waals surface area (Å²) in [7, 11) is 0. The first-order chi connectivity index (χ1) is 13.7. The maximum absolute atomic E-state index is 12.9. The molecule has 8 heteroatoms.